The minimum Gasteiger partial charge on any atom is -0.507 e. The Hall–Kier alpha value is -3.32. The minimum absolute atomic E-state index is 0.0797. The predicted octanol–water partition coefficient (Wildman–Crippen LogP) is 3.58. The molecule has 5 rings (SSSR count). The molecule has 0 aromatic heterocycles. The zero-order valence-corrected chi connectivity index (χ0v) is 17.9. The molecule has 0 aliphatic carbocycles. The van der Waals surface area contributed by atoms with Gasteiger partial charge >= 0.3 is 0 Å². The summed E-state index contributed by atoms with van der Waals surface area (Å²) in [6, 6.07) is 12.1. The summed E-state index contributed by atoms with van der Waals surface area (Å²) in [7, 11) is 0. The third-order valence-corrected chi connectivity index (χ3v) is 6.31. The van der Waals surface area contributed by atoms with E-state index in [1.165, 1.54) is 4.90 Å². The van der Waals surface area contributed by atoms with Crippen molar-refractivity contribution in [2.24, 2.45) is 0 Å². The number of Topliss-reactive ketones (excluding diaryl/α,β-unsaturated/α-hetero) is 1. The number of aliphatic hydroxyl groups excluding tert-OH is 1. The van der Waals surface area contributed by atoms with Gasteiger partial charge in [0.2, 0.25) is 6.79 Å². The first kappa shape index (κ1) is 20.6. The summed E-state index contributed by atoms with van der Waals surface area (Å²) in [4.78, 5) is 27.7. The van der Waals surface area contributed by atoms with Gasteiger partial charge in [-0.2, -0.15) is 0 Å². The Morgan fingerprint density at radius 1 is 1.09 bits per heavy atom. The number of hydrogen-bond donors (Lipinski definition) is 1. The summed E-state index contributed by atoms with van der Waals surface area (Å²) in [6.07, 6.45) is 2.54. The Morgan fingerprint density at radius 2 is 1.88 bits per heavy atom. The highest BCUT2D eigenvalue weighted by atomic mass is 16.7. The van der Waals surface area contributed by atoms with Crippen LogP contribution in [0.25, 0.3) is 5.76 Å². The van der Waals surface area contributed by atoms with Crippen molar-refractivity contribution in [1.29, 1.82) is 0 Å². The van der Waals surface area contributed by atoms with Gasteiger partial charge in [0.25, 0.3) is 11.7 Å². The number of rotatable bonds is 5. The molecule has 2 atom stereocenters. The first-order chi connectivity index (χ1) is 15.6. The first-order valence-corrected chi connectivity index (χ1v) is 11.0. The van der Waals surface area contributed by atoms with Crippen LogP contribution in [0.5, 0.6) is 11.5 Å². The van der Waals surface area contributed by atoms with Gasteiger partial charge in [-0.15, -0.1) is 0 Å². The van der Waals surface area contributed by atoms with Crippen LogP contribution in [0.15, 0.2) is 48.0 Å². The Balaban J connectivity index is 1.60. The lowest BCUT2D eigenvalue weighted by molar-refractivity contribution is -0.140. The van der Waals surface area contributed by atoms with Gasteiger partial charge in [-0.3, -0.25) is 9.59 Å². The van der Waals surface area contributed by atoms with Crippen LogP contribution < -0.4 is 9.47 Å². The number of ketones is 1. The zero-order valence-electron chi connectivity index (χ0n) is 17.9. The maximum Gasteiger partial charge on any atom is 0.295 e. The van der Waals surface area contributed by atoms with E-state index in [2.05, 4.69) is 6.92 Å². The summed E-state index contributed by atoms with van der Waals surface area (Å²) >= 11 is 0. The summed E-state index contributed by atoms with van der Waals surface area (Å²) in [5.41, 5.74) is 2.41. The Kier molecular flexibility index (Phi) is 5.35. The molecule has 1 amide bonds. The summed E-state index contributed by atoms with van der Waals surface area (Å²) in [5.74, 6) is -0.463. The van der Waals surface area contributed by atoms with Gasteiger partial charge in [0.15, 0.2) is 11.5 Å². The topological polar surface area (TPSA) is 85.3 Å². The maximum absolute atomic E-state index is 13.1. The van der Waals surface area contributed by atoms with E-state index in [4.69, 9.17) is 14.2 Å². The van der Waals surface area contributed by atoms with Crippen molar-refractivity contribution in [2.45, 2.75) is 38.3 Å². The number of carbonyl (C=O) groups is 2. The molecular formula is C25H25NO6. The highest BCUT2D eigenvalue weighted by Gasteiger charge is 2.47. The van der Waals surface area contributed by atoms with Crippen molar-refractivity contribution in [3.63, 3.8) is 0 Å². The standard InChI is InChI=1S/C25H25NO6/c1-2-15-5-7-16(8-6-15)22-21(23(27)17-9-10-19-20(12-17)32-14-31-19)24(28)25(29)26(22)13-18-4-3-11-30-18/h5-10,12,18,22,27H,2-4,11,13-14H2,1H3/b23-21-. The average Bonchev–Trinajstić information content (AvgIpc) is 3.55. The molecule has 32 heavy (non-hydrogen) atoms. The van der Waals surface area contributed by atoms with Crippen LogP contribution in [-0.4, -0.2) is 47.7 Å². The van der Waals surface area contributed by atoms with E-state index in [0.29, 0.717) is 30.2 Å². The monoisotopic (exact) mass is 435 g/mol. The van der Waals surface area contributed by atoms with E-state index < -0.39 is 17.7 Å². The third kappa shape index (κ3) is 3.52. The molecule has 3 heterocycles. The van der Waals surface area contributed by atoms with E-state index >= 15 is 0 Å². The molecule has 0 saturated carbocycles. The summed E-state index contributed by atoms with van der Waals surface area (Å²) in [5, 5.41) is 11.2. The predicted molar refractivity (Wildman–Crippen MR) is 116 cm³/mol. The number of nitrogens with zero attached hydrogens (tertiary/aromatic N) is 1. The molecule has 2 fully saturated rings. The SMILES string of the molecule is CCc1ccc(C2/C(=C(/O)c3ccc4c(c3)OCO4)C(=O)C(=O)N2CC2CCCO2)cc1. The molecule has 0 bridgehead atoms. The van der Waals surface area contributed by atoms with Crippen LogP contribution in [0.4, 0.5) is 0 Å². The van der Waals surface area contributed by atoms with Crippen molar-refractivity contribution in [1.82, 2.24) is 4.90 Å². The average molecular weight is 435 g/mol. The molecule has 2 saturated heterocycles. The molecule has 3 aliphatic rings. The second-order valence-electron chi connectivity index (χ2n) is 8.25. The number of benzene rings is 2. The van der Waals surface area contributed by atoms with Gasteiger partial charge < -0.3 is 24.2 Å². The lowest BCUT2D eigenvalue weighted by atomic mass is 9.94. The van der Waals surface area contributed by atoms with E-state index in [0.717, 1.165) is 30.4 Å². The number of aryl methyl sites for hydroxylation is 1. The molecule has 2 aromatic carbocycles. The van der Waals surface area contributed by atoms with Crippen molar-refractivity contribution in [3.05, 3.63) is 64.7 Å². The number of aliphatic hydroxyl groups is 1. The van der Waals surface area contributed by atoms with Crippen molar-refractivity contribution < 1.29 is 28.9 Å². The lowest BCUT2D eigenvalue weighted by Gasteiger charge is -2.27. The van der Waals surface area contributed by atoms with Gasteiger partial charge in [-0.1, -0.05) is 31.2 Å². The van der Waals surface area contributed by atoms with Crippen LogP contribution in [0, 0.1) is 0 Å². The molecule has 7 nitrogen and oxygen atoms in total. The number of fused-ring (bicyclic) bond motifs is 1. The molecular weight excluding hydrogens is 410 g/mol. The largest absolute Gasteiger partial charge is 0.507 e. The van der Waals surface area contributed by atoms with Gasteiger partial charge in [-0.05, 0) is 48.6 Å². The highest BCUT2D eigenvalue weighted by molar-refractivity contribution is 6.46. The first-order valence-electron chi connectivity index (χ1n) is 11.0. The zero-order chi connectivity index (χ0) is 22.2. The lowest BCUT2D eigenvalue weighted by Crippen LogP contribution is -2.36. The van der Waals surface area contributed by atoms with E-state index in [9.17, 15) is 14.7 Å². The van der Waals surface area contributed by atoms with Crippen LogP contribution >= 0.6 is 0 Å². The minimum atomic E-state index is -0.692. The van der Waals surface area contributed by atoms with Crippen LogP contribution in [0.3, 0.4) is 0 Å². The molecule has 2 aromatic rings. The fraction of sp³-hybridized carbons (Fsp3) is 0.360. The number of ether oxygens (including phenoxy) is 3. The van der Waals surface area contributed by atoms with Crippen molar-refractivity contribution in [3.8, 4) is 11.5 Å². The summed E-state index contributed by atoms with van der Waals surface area (Å²) < 4.78 is 16.5. The Labute approximate surface area is 186 Å². The molecule has 0 radical (unpaired) electrons. The van der Waals surface area contributed by atoms with Gasteiger partial charge in [0.05, 0.1) is 17.7 Å². The molecule has 0 spiro atoms. The second kappa shape index (κ2) is 8.31. The fourth-order valence-electron chi connectivity index (χ4n) is 4.56. The molecule has 1 N–H and O–H groups in total. The van der Waals surface area contributed by atoms with Crippen LogP contribution in [-0.2, 0) is 20.7 Å². The number of amides is 1. The van der Waals surface area contributed by atoms with E-state index in [1.54, 1.807) is 18.2 Å². The van der Waals surface area contributed by atoms with Gasteiger partial charge in [0.1, 0.15) is 5.76 Å². The van der Waals surface area contributed by atoms with Crippen molar-refractivity contribution in [2.75, 3.05) is 19.9 Å². The van der Waals surface area contributed by atoms with E-state index in [-0.39, 0.29) is 24.2 Å². The molecule has 166 valence electrons. The molecule has 3 aliphatic heterocycles. The van der Waals surface area contributed by atoms with Gasteiger partial charge in [0, 0.05) is 18.7 Å². The molecule has 7 heteroatoms. The number of likely N-dealkylation sites (tertiary alicyclic amines) is 1. The quantitative estimate of drug-likeness (QED) is 0.439. The smallest absolute Gasteiger partial charge is 0.295 e. The Morgan fingerprint density at radius 3 is 2.59 bits per heavy atom. The number of hydrogen-bond acceptors (Lipinski definition) is 6. The molecule has 2 unspecified atom stereocenters. The van der Waals surface area contributed by atoms with Crippen LogP contribution in [0.2, 0.25) is 0 Å². The van der Waals surface area contributed by atoms with Crippen molar-refractivity contribution >= 4 is 17.4 Å². The highest BCUT2D eigenvalue weighted by Crippen LogP contribution is 2.42. The summed E-state index contributed by atoms with van der Waals surface area (Å²) in [6.45, 7) is 3.14. The van der Waals surface area contributed by atoms with Crippen LogP contribution in [0.1, 0.15) is 42.5 Å². The fourth-order valence-corrected chi connectivity index (χ4v) is 4.56. The number of carbonyl (C=O) groups excluding carboxylic acids is 2. The Bertz CT molecular complexity index is 1080. The van der Waals surface area contributed by atoms with Gasteiger partial charge in [-0.25, -0.2) is 0 Å². The second-order valence-corrected chi connectivity index (χ2v) is 8.25. The van der Waals surface area contributed by atoms with E-state index in [1.807, 2.05) is 24.3 Å². The maximum atomic E-state index is 13.1. The normalized spacial score (nSPS) is 23.8. The third-order valence-electron chi connectivity index (χ3n) is 6.31.